The number of hydrogen-bond donors (Lipinski definition) is 2. The highest BCUT2D eigenvalue weighted by atomic mass is 35.5. The van der Waals surface area contributed by atoms with Gasteiger partial charge in [0.15, 0.2) is 0 Å². The highest BCUT2D eigenvalue weighted by Crippen LogP contribution is 2.23. The van der Waals surface area contributed by atoms with Gasteiger partial charge in [0.05, 0.1) is 12.2 Å². The van der Waals surface area contributed by atoms with E-state index in [1.54, 1.807) is 12.1 Å². The van der Waals surface area contributed by atoms with E-state index in [2.05, 4.69) is 5.32 Å². The lowest BCUT2D eigenvalue weighted by molar-refractivity contribution is -0.137. The Kier molecular flexibility index (Phi) is 5.45. The van der Waals surface area contributed by atoms with Crippen LogP contribution in [0.15, 0.2) is 18.2 Å². The SMILES string of the molecule is CNC(=O)c1cc(Cl)ccc1OCCCC(=O)O. The monoisotopic (exact) mass is 271 g/mol. The molecule has 18 heavy (non-hydrogen) atoms. The average Bonchev–Trinajstić information content (AvgIpc) is 2.34. The van der Waals surface area contributed by atoms with Crippen molar-refractivity contribution in [3.8, 4) is 5.75 Å². The molecule has 1 rings (SSSR count). The fourth-order valence-corrected chi connectivity index (χ4v) is 1.52. The summed E-state index contributed by atoms with van der Waals surface area (Å²) < 4.78 is 5.38. The highest BCUT2D eigenvalue weighted by molar-refractivity contribution is 6.31. The second kappa shape index (κ2) is 6.86. The van der Waals surface area contributed by atoms with E-state index in [-0.39, 0.29) is 18.9 Å². The molecule has 0 bridgehead atoms. The van der Waals surface area contributed by atoms with Crippen LogP contribution in [-0.4, -0.2) is 30.6 Å². The lowest BCUT2D eigenvalue weighted by Crippen LogP contribution is -2.19. The number of rotatable bonds is 6. The van der Waals surface area contributed by atoms with E-state index < -0.39 is 5.97 Å². The minimum absolute atomic E-state index is 0.0307. The van der Waals surface area contributed by atoms with Crippen LogP contribution in [0.25, 0.3) is 0 Å². The van der Waals surface area contributed by atoms with Crippen molar-refractivity contribution in [2.24, 2.45) is 0 Å². The summed E-state index contributed by atoms with van der Waals surface area (Å²) in [4.78, 5) is 21.9. The minimum atomic E-state index is -0.874. The molecule has 0 aliphatic carbocycles. The Morgan fingerprint density at radius 3 is 2.78 bits per heavy atom. The molecular weight excluding hydrogens is 258 g/mol. The molecule has 0 radical (unpaired) electrons. The van der Waals surface area contributed by atoms with Crippen LogP contribution < -0.4 is 10.1 Å². The number of benzene rings is 1. The molecule has 0 saturated heterocycles. The van der Waals surface area contributed by atoms with Gasteiger partial charge in [0.2, 0.25) is 0 Å². The average molecular weight is 272 g/mol. The van der Waals surface area contributed by atoms with Crippen LogP contribution in [0, 0.1) is 0 Å². The van der Waals surface area contributed by atoms with Crippen LogP contribution in [0.3, 0.4) is 0 Å². The smallest absolute Gasteiger partial charge is 0.303 e. The molecular formula is C12H14ClNO4. The van der Waals surface area contributed by atoms with Gasteiger partial charge in [-0.05, 0) is 24.6 Å². The second-order valence-corrected chi connectivity index (χ2v) is 4.00. The Balaban J connectivity index is 2.69. The third-order valence-corrected chi connectivity index (χ3v) is 2.44. The number of nitrogens with one attached hydrogen (secondary N) is 1. The number of halogens is 1. The van der Waals surface area contributed by atoms with Crippen molar-refractivity contribution in [3.05, 3.63) is 28.8 Å². The van der Waals surface area contributed by atoms with E-state index in [9.17, 15) is 9.59 Å². The lowest BCUT2D eigenvalue weighted by Gasteiger charge is -2.10. The van der Waals surface area contributed by atoms with Gasteiger partial charge in [-0.1, -0.05) is 11.6 Å². The first-order valence-electron chi connectivity index (χ1n) is 5.41. The summed E-state index contributed by atoms with van der Waals surface area (Å²) in [6.07, 6.45) is 0.411. The van der Waals surface area contributed by atoms with E-state index >= 15 is 0 Å². The molecule has 1 amide bonds. The molecule has 0 aromatic heterocycles. The lowest BCUT2D eigenvalue weighted by atomic mass is 10.2. The zero-order valence-electron chi connectivity index (χ0n) is 9.90. The maximum Gasteiger partial charge on any atom is 0.303 e. The first-order valence-corrected chi connectivity index (χ1v) is 5.78. The normalized spacial score (nSPS) is 9.89. The molecule has 0 heterocycles. The van der Waals surface area contributed by atoms with Crippen LogP contribution in [0.2, 0.25) is 5.02 Å². The minimum Gasteiger partial charge on any atom is -0.493 e. The molecule has 5 nitrogen and oxygen atoms in total. The summed E-state index contributed by atoms with van der Waals surface area (Å²) in [5.41, 5.74) is 0.334. The number of ether oxygens (including phenoxy) is 1. The van der Waals surface area contributed by atoms with Gasteiger partial charge in [-0.2, -0.15) is 0 Å². The van der Waals surface area contributed by atoms with Gasteiger partial charge in [0.1, 0.15) is 5.75 Å². The van der Waals surface area contributed by atoms with Crippen LogP contribution in [-0.2, 0) is 4.79 Å². The quantitative estimate of drug-likeness (QED) is 0.776. The van der Waals surface area contributed by atoms with Crippen LogP contribution in [0.5, 0.6) is 5.75 Å². The molecule has 0 aliphatic rings. The van der Waals surface area contributed by atoms with E-state index in [0.717, 1.165) is 0 Å². The summed E-state index contributed by atoms with van der Waals surface area (Å²) in [6.45, 7) is 0.234. The van der Waals surface area contributed by atoms with E-state index in [4.69, 9.17) is 21.4 Å². The van der Waals surface area contributed by atoms with E-state index in [1.807, 2.05) is 0 Å². The molecule has 1 aromatic carbocycles. The van der Waals surface area contributed by atoms with Crippen molar-refractivity contribution in [2.45, 2.75) is 12.8 Å². The molecule has 0 atom stereocenters. The Labute approximate surface area is 110 Å². The first kappa shape index (κ1) is 14.3. The Bertz CT molecular complexity index is 448. The molecule has 98 valence electrons. The molecule has 6 heteroatoms. The van der Waals surface area contributed by atoms with Gasteiger partial charge in [-0.3, -0.25) is 9.59 Å². The van der Waals surface area contributed by atoms with Crippen molar-refractivity contribution < 1.29 is 19.4 Å². The molecule has 2 N–H and O–H groups in total. The number of carbonyl (C=O) groups is 2. The highest BCUT2D eigenvalue weighted by Gasteiger charge is 2.12. The van der Waals surface area contributed by atoms with Gasteiger partial charge in [0, 0.05) is 18.5 Å². The first-order chi connectivity index (χ1) is 8.54. The molecule has 1 aromatic rings. The summed E-state index contributed by atoms with van der Waals surface area (Å²) in [5, 5.41) is 11.4. The topological polar surface area (TPSA) is 75.6 Å². The third-order valence-electron chi connectivity index (χ3n) is 2.21. The second-order valence-electron chi connectivity index (χ2n) is 3.57. The summed E-state index contributed by atoms with van der Waals surface area (Å²) >= 11 is 5.81. The largest absolute Gasteiger partial charge is 0.493 e. The zero-order valence-corrected chi connectivity index (χ0v) is 10.7. The predicted molar refractivity (Wildman–Crippen MR) is 67.2 cm³/mol. The predicted octanol–water partition coefficient (Wildman–Crippen LogP) is 1.94. The van der Waals surface area contributed by atoms with Gasteiger partial charge in [-0.15, -0.1) is 0 Å². The fourth-order valence-electron chi connectivity index (χ4n) is 1.35. The summed E-state index contributed by atoms with van der Waals surface area (Å²) in [6, 6.07) is 4.71. The Morgan fingerprint density at radius 1 is 1.44 bits per heavy atom. The molecule has 0 fully saturated rings. The molecule has 0 aliphatic heterocycles. The van der Waals surface area contributed by atoms with Crippen molar-refractivity contribution in [1.29, 1.82) is 0 Å². The van der Waals surface area contributed by atoms with Gasteiger partial charge in [0.25, 0.3) is 5.91 Å². The van der Waals surface area contributed by atoms with Crippen molar-refractivity contribution in [3.63, 3.8) is 0 Å². The van der Waals surface area contributed by atoms with E-state index in [0.29, 0.717) is 22.8 Å². The van der Waals surface area contributed by atoms with Crippen molar-refractivity contribution in [2.75, 3.05) is 13.7 Å². The number of carbonyl (C=O) groups excluding carboxylic acids is 1. The standard InChI is InChI=1S/C12H14ClNO4/c1-14-12(17)9-7-8(13)4-5-10(9)18-6-2-3-11(15)16/h4-5,7H,2-3,6H2,1H3,(H,14,17)(H,15,16). The summed E-state index contributed by atoms with van der Waals surface area (Å²) in [5.74, 6) is -0.781. The number of hydrogen-bond acceptors (Lipinski definition) is 3. The van der Waals surface area contributed by atoms with Gasteiger partial charge < -0.3 is 15.2 Å². The Morgan fingerprint density at radius 2 is 2.17 bits per heavy atom. The van der Waals surface area contributed by atoms with Gasteiger partial charge in [-0.25, -0.2) is 0 Å². The third kappa shape index (κ3) is 4.25. The van der Waals surface area contributed by atoms with Crippen molar-refractivity contribution in [1.82, 2.24) is 5.32 Å². The molecule has 0 saturated carbocycles. The van der Waals surface area contributed by atoms with Crippen LogP contribution in [0.4, 0.5) is 0 Å². The van der Waals surface area contributed by atoms with Gasteiger partial charge >= 0.3 is 5.97 Å². The van der Waals surface area contributed by atoms with Crippen molar-refractivity contribution >= 4 is 23.5 Å². The number of aliphatic carboxylic acids is 1. The number of carboxylic acid groups (broad SMARTS) is 1. The number of carboxylic acids is 1. The van der Waals surface area contributed by atoms with Crippen LogP contribution in [0.1, 0.15) is 23.2 Å². The summed E-state index contributed by atoms with van der Waals surface area (Å²) in [7, 11) is 1.51. The fraction of sp³-hybridized carbons (Fsp3) is 0.333. The maximum absolute atomic E-state index is 11.6. The molecule has 0 spiro atoms. The number of amides is 1. The molecule has 0 unspecified atom stereocenters. The maximum atomic E-state index is 11.6. The zero-order chi connectivity index (χ0) is 13.5. The van der Waals surface area contributed by atoms with E-state index in [1.165, 1.54) is 13.1 Å². The van der Waals surface area contributed by atoms with Crippen LogP contribution >= 0.6 is 11.6 Å². The Hall–Kier alpha value is -1.75.